The number of carbonyl (C=O) groups excluding carboxylic acids is 1. The molecule has 2 atom stereocenters. The number of rotatable bonds is 2. The van der Waals surface area contributed by atoms with Crippen molar-refractivity contribution >= 4 is 6.09 Å². The lowest BCUT2D eigenvalue weighted by atomic mass is 10.1. The number of amides is 1. The van der Waals surface area contributed by atoms with Crippen LogP contribution in [0.1, 0.15) is 27.2 Å². The molecule has 2 heterocycles. The van der Waals surface area contributed by atoms with E-state index in [1.165, 1.54) is 4.90 Å². The summed E-state index contributed by atoms with van der Waals surface area (Å²) < 4.78 is 16.1. The van der Waals surface area contributed by atoms with Gasteiger partial charge in [0.2, 0.25) is 0 Å². The topological polar surface area (TPSA) is 68.2 Å². The zero-order chi connectivity index (χ0) is 14.8. The average molecular weight is 285 g/mol. The average Bonchev–Trinajstić information content (AvgIpc) is 2.89. The summed E-state index contributed by atoms with van der Waals surface area (Å²) in [6.45, 7) is 7.16. The number of aliphatic hydroxyl groups excluding tert-OH is 1. The van der Waals surface area contributed by atoms with Gasteiger partial charge >= 0.3 is 6.09 Å². The van der Waals surface area contributed by atoms with Gasteiger partial charge in [0.05, 0.1) is 25.9 Å². The van der Waals surface area contributed by atoms with Crippen LogP contribution in [-0.2, 0) is 14.2 Å². The second-order valence-electron chi connectivity index (χ2n) is 6.00. The second-order valence-corrected chi connectivity index (χ2v) is 6.00. The van der Waals surface area contributed by atoms with Crippen molar-refractivity contribution in [1.29, 1.82) is 0 Å². The fourth-order valence-electron chi connectivity index (χ4n) is 2.26. The van der Waals surface area contributed by atoms with Crippen LogP contribution in [0.5, 0.6) is 0 Å². The highest BCUT2D eigenvalue weighted by Gasteiger charge is 2.37. The van der Waals surface area contributed by atoms with Crippen LogP contribution in [0, 0.1) is 0 Å². The molecule has 114 valence electrons. The minimum atomic E-state index is -0.870. The molecule has 1 N–H and O–H groups in total. The minimum Gasteiger partial charge on any atom is -0.495 e. The van der Waals surface area contributed by atoms with E-state index in [1.54, 1.807) is 0 Å². The van der Waals surface area contributed by atoms with E-state index in [2.05, 4.69) is 0 Å². The molecule has 20 heavy (non-hydrogen) atoms. The highest BCUT2D eigenvalue weighted by molar-refractivity contribution is 5.69. The molecular formula is C14H23NO5. The third-order valence-electron chi connectivity index (χ3n) is 3.18. The van der Waals surface area contributed by atoms with Gasteiger partial charge in [-0.2, -0.15) is 0 Å². The van der Waals surface area contributed by atoms with Gasteiger partial charge in [0, 0.05) is 13.0 Å². The molecule has 2 rings (SSSR count). The number of morpholine rings is 1. The van der Waals surface area contributed by atoms with E-state index < -0.39 is 23.8 Å². The summed E-state index contributed by atoms with van der Waals surface area (Å²) in [5, 5.41) is 10.4. The van der Waals surface area contributed by atoms with Crippen LogP contribution < -0.4 is 0 Å². The molecule has 2 aliphatic rings. The highest BCUT2D eigenvalue weighted by atomic mass is 16.6. The lowest BCUT2D eigenvalue weighted by molar-refractivity contribution is -0.0671. The molecule has 2 aliphatic heterocycles. The largest absolute Gasteiger partial charge is 0.495 e. The van der Waals surface area contributed by atoms with E-state index in [0.29, 0.717) is 25.5 Å². The molecule has 2 unspecified atom stereocenters. The van der Waals surface area contributed by atoms with Gasteiger partial charge in [0.25, 0.3) is 0 Å². The number of aliphatic hydroxyl groups is 1. The van der Waals surface area contributed by atoms with E-state index >= 15 is 0 Å². The van der Waals surface area contributed by atoms with Gasteiger partial charge in [-0.05, 0) is 26.8 Å². The molecule has 1 amide bonds. The normalized spacial score (nSPS) is 24.9. The molecule has 0 spiro atoms. The van der Waals surface area contributed by atoms with Crippen molar-refractivity contribution in [2.45, 2.75) is 44.9 Å². The van der Waals surface area contributed by atoms with Crippen molar-refractivity contribution < 1.29 is 24.1 Å². The van der Waals surface area contributed by atoms with Crippen LogP contribution in [0.15, 0.2) is 11.8 Å². The lowest BCUT2D eigenvalue weighted by Crippen LogP contribution is -2.55. The summed E-state index contributed by atoms with van der Waals surface area (Å²) in [6.07, 6.45) is 1.34. The van der Waals surface area contributed by atoms with Crippen LogP contribution in [0.25, 0.3) is 0 Å². The SMILES string of the molecule is CC(C)(C)OC(=O)N1CCOCC1C(O)C1=CCCO1. The summed E-state index contributed by atoms with van der Waals surface area (Å²) in [5.41, 5.74) is -0.561. The Morgan fingerprint density at radius 1 is 1.50 bits per heavy atom. The molecule has 0 saturated carbocycles. The fraction of sp³-hybridized carbons (Fsp3) is 0.786. The number of ether oxygens (including phenoxy) is 3. The second kappa shape index (κ2) is 6.01. The zero-order valence-corrected chi connectivity index (χ0v) is 12.3. The van der Waals surface area contributed by atoms with Crippen LogP contribution in [0.4, 0.5) is 4.79 Å². The van der Waals surface area contributed by atoms with E-state index in [-0.39, 0.29) is 6.61 Å². The van der Waals surface area contributed by atoms with Crippen molar-refractivity contribution in [1.82, 2.24) is 4.90 Å². The molecule has 6 heteroatoms. The molecule has 6 nitrogen and oxygen atoms in total. The van der Waals surface area contributed by atoms with Crippen LogP contribution >= 0.6 is 0 Å². The summed E-state index contributed by atoms with van der Waals surface area (Å²) in [6, 6.07) is -0.469. The Morgan fingerprint density at radius 3 is 2.85 bits per heavy atom. The Labute approximate surface area is 119 Å². The van der Waals surface area contributed by atoms with E-state index in [1.807, 2.05) is 26.8 Å². The molecule has 0 aliphatic carbocycles. The Morgan fingerprint density at radius 2 is 2.25 bits per heavy atom. The summed E-state index contributed by atoms with van der Waals surface area (Å²) in [5.74, 6) is 0.522. The third kappa shape index (κ3) is 3.64. The van der Waals surface area contributed by atoms with E-state index in [0.717, 1.165) is 6.42 Å². The van der Waals surface area contributed by atoms with Gasteiger partial charge in [0.15, 0.2) is 0 Å². The van der Waals surface area contributed by atoms with Crippen molar-refractivity contribution in [3.05, 3.63) is 11.8 Å². The Balaban J connectivity index is 2.06. The molecule has 0 aromatic carbocycles. The smallest absolute Gasteiger partial charge is 0.410 e. The molecule has 0 radical (unpaired) electrons. The number of nitrogens with zero attached hydrogens (tertiary/aromatic N) is 1. The predicted molar refractivity (Wildman–Crippen MR) is 72.2 cm³/mol. The van der Waals surface area contributed by atoms with Crippen molar-refractivity contribution in [3.8, 4) is 0 Å². The first-order valence-electron chi connectivity index (χ1n) is 6.97. The summed E-state index contributed by atoms with van der Waals surface area (Å²) in [7, 11) is 0. The predicted octanol–water partition coefficient (Wildman–Crippen LogP) is 1.29. The maximum atomic E-state index is 12.2. The van der Waals surface area contributed by atoms with E-state index in [4.69, 9.17) is 14.2 Å². The third-order valence-corrected chi connectivity index (χ3v) is 3.18. The molecular weight excluding hydrogens is 262 g/mol. The van der Waals surface area contributed by atoms with Gasteiger partial charge in [-0.15, -0.1) is 0 Å². The number of hydrogen-bond acceptors (Lipinski definition) is 5. The first kappa shape index (κ1) is 15.1. The maximum Gasteiger partial charge on any atom is 0.410 e. The molecule has 1 saturated heterocycles. The van der Waals surface area contributed by atoms with Crippen molar-refractivity contribution in [2.24, 2.45) is 0 Å². The Kier molecular flexibility index (Phi) is 4.55. The Hall–Kier alpha value is -1.27. The fourth-order valence-corrected chi connectivity index (χ4v) is 2.26. The first-order chi connectivity index (χ1) is 9.38. The maximum absolute atomic E-state index is 12.2. The highest BCUT2D eigenvalue weighted by Crippen LogP contribution is 2.23. The quantitative estimate of drug-likeness (QED) is 0.828. The van der Waals surface area contributed by atoms with Crippen LogP contribution in [-0.4, -0.2) is 60.2 Å². The van der Waals surface area contributed by atoms with Gasteiger partial charge in [0.1, 0.15) is 17.5 Å². The molecule has 0 bridgehead atoms. The van der Waals surface area contributed by atoms with Gasteiger partial charge in [-0.3, -0.25) is 4.90 Å². The lowest BCUT2D eigenvalue weighted by Gasteiger charge is -2.38. The van der Waals surface area contributed by atoms with Gasteiger partial charge in [-0.1, -0.05) is 0 Å². The van der Waals surface area contributed by atoms with Crippen molar-refractivity contribution in [2.75, 3.05) is 26.4 Å². The molecule has 0 aromatic heterocycles. The molecule has 0 aromatic rings. The summed E-state index contributed by atoms with van der Waals surface area (Å²) in [4.78, 5) is 13.7. The van der Waals surface area contributed by atoms with E-state index in [9.17, 15) is 9.90 Å². The Bertz CT molecular complexity index is 388. The van der Waals surface area contributed by atoms with Crippen molar-refractivity contribution in [3.63, 3.8) is 0 Å². The first-order valence-corrected chi connectivity index (χ1v) is 6.97. The number of carbonyl (C=O) groups is 1. The minimum absolute atomic E-state index is 0.279. The van der Waals surface area contributed by atoms with Crippen LogP contribution in [0.3, 0.4) is 0 Å². The zero-order valence-electron chi connectivity index (χ0n) is 12.3. The van der Waals surface area contributed by atoms with Crippen LogP contribution in [0.2, 0.25) is 0 Å². The van der Waals surface area contributed by atoms with Gasteiger partial charge < -0.3 is 19.3 Å². The van der Waals surface area contributed by atoms with Gasteiger partial charge in [-0.25, -0.2) is 4.79 Å². The number of hydrogen-bond donors (Lipinski definition) is 1. The summed E-state index contributed by atoms with van der Waals surface area (Å²) >= 11 is 0. The standard InChI is InChI=1S/C14H23NO5/c1-14(2,3)20-13(17)15-6-8-18-9-10(15)12(16)11-5-4-7-19-11/h5,10,12,16H,4,6-9H2,1-3H3. The monoisotopic (exact) mass is 285 g/mol. The molecule has 1 fully saturated rings.